The van der Waals surface area contributed by atoms with Crippen LogP contribution in [0.4, 0.5) is 5.82 Å². The topological polar surface area (TPSA) is 152 Å². The molecule has 29 heavy (non-hydrogen) atoms. The first-order valence-electron chi connectivity index (χ1n) is 9.44. The molecular weight excluding hydrogens is 376 g/mol. The first-order chi connectivity index (χ1) is 14.1. The van der Waals surface area contributed by atoms with Crippen LogP contribution >= 0.6 is 0 Å². The lowest BCUT2D eigenvalue weighted by Crippen LogP contribution is -2.33. The predicted molar refractivity (Wildman–Crippen MR) is 105 cm³/mol. The number of nitrogens with one attached hydrogen (secondary N) is 1. The van der Waals surface area contributed by atoms with Crippen LogP contribution in [0.3, 0.4) is 0 Å². The monoisotopic (exact) mass is 400 g/mol. The summed E-state index contributed by atoms with van der Waals surface area (Å²) in [5.74, 6) is 0.569. The van der Waals surface area contributed by atoms with E-state index >= 15 is 0 Å². The number of fused-ring (bicyclic) bond motifs is 1. The van der Waals surface area contributed by atoms with Crippen LogP contribution in [0.1, 0.15) is 17.4 Å². The number of nitrogens with zero attached hydrogens (tertiary/aromatic N) is 4. The van der Waals surface area contributed by atoms with Crippen LogP contribution in [0.25, 0.3) is 11.2 Å². The Kier molecular flexibility index (Phi) is 5.69. The summed E-state index contributed by atoms with van der Waals surface area (Å²) in [6.07, 6.45) is -0.462. The van der Waals surface area contributed by atoms with E-state index in [1.54, 1.807) is 0 Å². The second-order valence-corrected chi connectivity index (χ2v) is 6.97. The molecule has 1 fully saturated rings. The summed E-state index contributed by atoms with van der Waals surface area (Å²) in [6, 6.07) is 8.13. The van der Waals surface area contributed by atoms with Crippen molar-refractivity contribution >= 4 is 17.0 Å². The molecule has 10 heteroatoms. The van der Waals surface area contributed by atoms with Crippen LogP contribution in [0, 0.1) is 0 Å². The van der Waals surface area contributed by atoms with Gasteiger partial charge in [-0.05, 0) is 17.5 Å². The van der Waals surface area contributed by atoms with Gasteiger partial charge in [0.2, 0.25) is 0 Å². The van der Waals surface area contributed by atoms with Gasteiger partial charge < -0.3 is 31.1 Å². The molecule has 0 bridgehead atoms. The van der Waals surface area contributed by atoms with E-state index in [1.165, 1.54) is 22.8 Å². The van der Waals surface area contributed by atoms with Gasteiger partial charge in [0.25, 0.3) is 0 Å². The Morgan fingerprint density at radius 3 is 2.52 bits per heavy atom. The SMILES string of the molecule is NCc1ccc(CCNc2ncnc3c2ncn3[C@@H]2O[C@H](CO)[C@@H](O)[C@H]2O)cc1. The van der Waals surface area contributed by atoms with Gasteiger partial charge in [0.1, 0.15) is 24.6 Å². The first-order valence-corrected chi connectivity index (χ1v) is 9.44. The lowest BCUT2D eigenvalue weighted by atomic mass is 10.1. The number of hydrogen-bond acceptors (Lipinski definition) is 9. The average molecular weight is 400 g/mol. The number of nitrogens with two attached hydrogens (primary N) is 1. The molecule has 6 N–H and O–H groups in total. The molecule has 1 aliphatic rings. The fourth-order valence-corrected chi connectivity index (χ4v) is 3.44. The van der Waals surface area contributed by atoms with E-state index in [9.17, 15) is 15.3 Å². The van der Waals surface area contributed by atoms with Crippen molar-refractivity contribution in [3.05, 3.63) is 48.0 Å². The third-order valence-electron chi connectivity index (χ3n) is 5.11. The van der Waals surface area contributed by atoms with Gasteiger partial charge >= 0.3 is 0 Å². The lowest BCUT2D eigenvalue weighted by Gasteiger charge is -2.16. The zero-order valence-corrected chi connectivity index (χ0v) is 15.7. The van der Waals surface area contributed by atoms with E-state index in [2.05, 4.69) is 32.4 Å². The van der Waals surface area contributed by atoms with Gasteiger partial charge in [0, 0.05) is 13.1 Å². The van der Waals surface area contributed by atoms with Crippen molar-refractivity contribution in [2.75, 3.05) is 18.5 Å². The molecule has 0 radical (unpaired) electrons. The number of rotatable bonds is 7. The maximum Gasteiger partial charge on any atom is 0.167 e. The molecule has 4 rings (SSSR count). The number of aliphatic hydroxyl groups excluding tert-OH is 3. The number of imidazole rings is 1. The number of ether oxygens (including phenoxy) is 1. The van der Waals surface area contributed by atoms with E-state index in [-0.39, 0.29) is 0 Å². The Balaban J connectivity index is 1.49. The van der Waals surface area contributed by atoms with Gasteiger partial charge in [-0.3, -0.25) is 4.57 Å². The molecule has 0 aliphatic carbocycles. The van der Waals surface area contributed by atoms with Crippen molar-refractivity contribution in [1.29, 1.82) is 0 Å². The number of hydrogen-bond donors (Lipinski definition) is 5. The highest BCUT2D eigenvalue weighted by molar-refractivity contribution is 5.82. The minimum Gasteiger partial charge on any atom is -0.394 e. The molecule has 4 atom stereocenters. The number of anilines is 1. The molecule has 0 saturated carbocycles. The zero-order chi connectivity index (χ0) is 20.4. The highest BCUT2D eigenvalue weighted by atomic mass is 16.6. The Bertz CT molecular complexity index is 963. The van der Waals surface area contributed by atoms with E-state index in [4.69, 9.17) is 10.5 Å². The van der Waals surface area contributed by atoms with Crippen molar-refractivity contribution in [3.8, 4) is 0 Å². The molecule has 10 nitrogen and oxygen atoms in total. The number of aliphatic hydroxyl groups is 3. The van der Waals surface area contributed by atoms with E-state index in [0.717, 1.165) is 12.0 Å². The largest absolute Gasteiger partial charge is 0.394 e. The summed E-state index contributed by atoms with van der Waals surface area (Å²) in [5, 5.41) is 32.8. The normalized spacial score (nSPS) is 24.3. The number of benzene rings is 1. The highest BCUT2D eigenvalue weighted by Gasteiger charge is 2.44. The van der Waals surface area contributed by atoms with Crippen molar-refractivity contribution in [2.45, 2.75) is 37.5 Å². The van der Waals surface area contributed by atoms with Gasteiger partial charge in [0.15, 0.2) is 23.2 Å². The van der Waals surface area contributed by atoms with Gasteiger partial charge in [-0.25, -0.2) is 15.0 Å². The molecule has 3 aromatic rings. The Labute approximate surface area is 167 Å². The van der Waals surface area contributed by atoms with Gasteiger partial charge in [0.05, 0.1) is 12.9 Å². The third kappa shape index (κ3) is 3.80. The molecule has 0 unspecified atom stereocenters. The van der Waals surface area contributed by atoms with E-state index < -0.39 is 31.1 Å². The van der Waals surface area contributed by atoms with Gasteiger partial charge in [-0.15, -0.1) is 0 Å². The Morgan fingerprint density at radius 1 is 1.07 bits per heavy atom. The Morgan fingerprint density at radius 2 is 1.83 bits per heavy atom. The molecule has 1 saturated heterocycles. The van der Waals surface area contributed by atoms with Crippen LogP contribution in [0.5, 0.6) is 0 Å². The summed E-state index contributed by atoms with van der Waals surface area (Å²) in [5.41, 5.74) is 8.89. The van der Waals surface area contributed by atoms with Crippen molar-refractivity contribution < 1.29 is 20.1 Å². The van der Waals surface area contributed by atoms with Crippen molar-refractivity contribution in [2.24, 2.45) is 5.73 Å². The Hall–Kier alpha value is -2.63. The molecule has 154 valence electrons. The van der Waals surface area contributed by atoms with E-state index in [0.29, 0.717) is 30.1 Å². The predicted octanol–water partition coefficient (Wildman–Crippen LogP) is -0.449. The number of aromatic nitrogens is 4. The van der Waals surface area contributed by atoms with Crippen LogP contribution in [-0.4, -0.2) is 66.3 Å². The standard InChI is InChI=1S/C19H24N6O4/c20-7-12-3-1-11(2-4-12)5-6-21-17-14-18(23-9-22-17)25(10-24-14)19-16(28)15(27)13(8-26)29-19/h1-4,9-10,13,15-16,19,26-28H,5-8,20H2,(H,21,22,23)/t13-,15-,16-,19-/m1/s1. The molecular formula is C19H24N6O4. The summed E-state index contributed by atoms with van der Waals surface area (Å²) in [7, 11) is 0. The van der Waals surface area contributed by atoms with Crippen LogP contribution < -0.4 is 11.1 Å². The van der Waals surface area contributed by atoms with E-state index in [1.807, 2.05) is 12.1 Å². The maximum atomic E-state index is 10.3. The molecule has 2 aromatic heterocycles. The fourth-order valence-electron chi connectivity index (χ4n) is 3.44. The summed E-state index contributed by atoms with van der Waals surface area (Å²) in [6.45, 7) is 0.778. The van der Waals surface area contributed by atoms with Gasteiger partial charge in [-0.1, -0.05) is 24.3 Å². The van der Waals surface area contributed by atoms with Gasteiger partial charge in [-0.2, -0.15) is 0 Å². The minimum absolute atomic E-state index is 0.393. The first kappa shape index (κ1) is 19.7. The third-order valence-corrected chi connectivity index (χ3v) is 5.11. The molecule has 0 amide bonds. The molecule has 1 aliphatic heterocycles. The smallest absolute Gasteiger partial charge is 0.167 e. The zero-order valence-electron chi connectivity index (χ0n) is 15.7. The molecule has 3 heterocycles. The maximum absolute atomic E-state index is 10.3. The summed E-state index contributed by atoms with van der Waals surface area (Å²) < 4.78 is 7.11. The summed E-state index contributed by atoms with van der Waals surface area (Å²) >= 11 is 0. The fraction of sp³-hybridized carbons (Fsp3) is 0.421. The lowest BCUT2D eigenvalue weighted by molar-refractivity contribution is -0.0511. The highest BCUT2D eigenvalue weighted by Crippen LogP contribution is 2.32. The van der Waals surface area contributed by atoms with Crippen molar-refractivity contribution in [1.82, 2.24) is 19.5 Å². The minimum atomic E-state index is -1.20. The summed E-state index contributed by atoms with van der Waals surface area (Å²) in [4.78, 5) is 12.9. The molecule has 0 spiro atoms. The average Bonchev–Trinajstić information content (AvgIpc) is 3.30. The van der Waals surface area contributed by atoms with Crippen LogP contribution in [-0.2, 0) is 17.7 Å². The van der Waals surface area contributed by atoms with Crippen LogP contribution in [0.15, 0.2) is 36.9 Å². The van der Waals surface area contributed by atoms with Crippen molar-refractivity contribution in [3.63, 3.8) is 0 Å². The van der Waals surface area contributed by atoms with Crippen LogP contribution in [0.2, 0.25) is 0 Å². The molecule has 1 aromatic carbocycles. The quantitative estimate of drug-likeness (QED) is 0.355. The second-order valence-electron chi connectivity index (χ2n) is 6.97. The second kappa shape index (κ2) is 8.39.